The number of halogens is 1. The molecule has 5 rings (SSSR count). The molecule has 4 aromatic rings. The molecule has 3 heterocycles. The van der Waals surface area contributed by atoms with E-state index in [2.05, 4.69) is 37.8 Å². The van der Waals surface area contributed by atoms with E-state index in [1.807, 2.05) is 36.5 Å². The molecule has 0 radical (unpaired) electrons. The van der Waals surface area contributed by atoms with Crippen LogP contribution in [-0.4, -0.2) is 70.8 Å². The van der Waals surface area contributed by atoms with Crippen LogP contribution in [0.5, 0.6) is 5.75 Å². The number of pyridine rings is 1. The Balaban J connectivity index is 0.000000306. The minimum absolute atomic E-state index is 0. The van der Waals surface area contributed by atoms with Crippen molar-refractivity contribution >= 4 is 72.2 Å². The van der Waals surface area contributed by atoms with Crippen molar-refractivity contribution in [2.24, 2.45) is 0 Å². The Kier molecular flexibility index (Phi) is 18.8. The number of aryl methyl sites for hydroxylation is 2. The highest BCUT2D eigenvalue weighted by atomic mass is 35.5. The fourth-order valence-electron chi connectivity index (χ4n) is 5.07. The maximum atomic E-state index is 12.7. The first-order valence-corrected chi connectivity index (χ1v) is 20.6. The first-order chi connectivity index (χ1) is 26.7. The van der Waals surface area contributed by atoms with Crippen molar-refractivity contribution in [2.45, 2.75) is 58.2 Å². The Bertz CT molecular complexity index is 2060. The number of phosphoric ester groups is 1. The quantitative estimate of drug-likeness (QED) is 0.0684. The van der Waals surface area contributed by atoms with Gasteiger partial charge in [0.05, 0.1) is 25.0 Å². The molecule has 1 aliphatic rings. The van der Waals surface area contributed by atoms with Crippen molar-refractivity contribution in [1.82, 2.24) is 25.2 Å². The van der Waals surface area contributed by atoms with Gasteiger partial charge in [0.15, 0.2) is 0 Å². The zero-order chi connectivity index (χ0) is 40.7. The number of hydrogen-bond acceptors (Lipinski definition) is 13. The highest BCUT2D eigenvalue weighted by molar-refractivity contribution is 8.17. The molecule has 1 atom stereocenters. The van der Waals surface area contributed by atoms with E-state index in [0.29, 0.717) is 47.0 Å². The smallest absolute Gasteiger partial charge is 0.469 e. The molecule has 2 aromatic carbocycles. The lowest BCUT2D eigenvalue weighted by atomic mass is 10.1. The van der Waals surface area contributed by atoms with Gasteiger partial charge in [0.1, 0.15) is 17.4 Å². The lowest BCUT2D eigenvalue weighted by Crippen LogP contribution is -2.25. The maximum Gasteiger partial charge on any atom is 0.469 e. The molecule has 0 saturated carbocycles. The van der Waals surface area contributed by atoms with Gasteiger partial charge in [0, 0.05) is 52.7 Å². The Hall–Kier alpha value is -4.61. The third kappa shape index (κ3) is 15.7. The highest BCUT2D eigenvalue weighted by Gasteiger charge is 2.31. The number of ether oxygens (including phenoxy) is 1. The number of amides is 3. The summed E-state index contributed by atoms with van der Waals surface area (Å²) in [6, 6.07) is 20.3. The first-order valence-electron chi connectivity index (χ1n) is 17.4. The van der Waals surface area contributed by atoms with Crippen LogP contribution in [0.3, 0.4) is 0 Å². The summed E-state index contributed by atoms with van der Waals surface area (Å²) in [5, 5.41) is 1.42. The number of benzene rings is 2. The lowest BCUT2D eigenvalue weighted by molar-refractivity contribution is -0.119. The molecule has 19 heteroatoms. The molecule has 2 aromatic heterocycles. The molecule has 1 unspecified atom stereocenters. The first kappa shape index (κ1) is 46.8. The third-order valence-electron chi connectivity index (χ3n) is 8.17. The van der Waals surface area contributed by atoms with Crippen LogP contribution < -0.4 is 15.8 Å². The minimum atomic E-state index is -4.67. The van der Waals surface area contributed by atoms with Crippen LogP contribution in [0, 0.1) is 6.92 Å². The maximum absolute atomic E-state index is 12.7. The van der Waals surface area contributed by atoms with E-state index in [4.69, 9.17) is 20.3 Å². The molecule has 3 amide bonds. The van der Waals surface area contributed by atoms with Crippen LogP contribution >= 0.6 is 43.8 Å². The summed E-state index contributed by atoms with van der Waals surface area (Å²) in [6.07, 6.45) is 6.29. The topological polar surface area (TPSA) is 224 Å². The zero-order valence-electron chi connectivity index (χ0n) is 31.4. The number of hydrogen-bond donors (Lipinski definition) is 4. The van der Waals surface area contributed by atoms with E-state index < -0.39 is 7.82 Å². The molecule has 57 heavy (non-hydrogen) atoms. The molecule has 1 saturated heterocycles. The van der Waals surface area contributed by atoms with Gasteiger partial charge in [0.25, 0.3) is 5.24 Å². The van der Waals surface area contributed by atoms with Crippen molar-refractivity contribution in [1.29, 1.82) is 0 Å². The van der Waals surface area contributed by atoms with Crippen LogP contribution in [-0.2, 0) is 44.5 Å². The molecular weight excluding hydrogens is 815 g/mol. The molecule has 1 aliphatic heterocycles. The van der Waals surface area contributed by atoms with E-state index in [-0.39, 0.29) is 59.3 Å². The number of nitrogens with two attached hydrogens (primary N) is 1. The van der Waals surface area contributed by atoms with Gasteiger partial charge in [-0.05, 0) is 67.8 Å². The number of allylic oxidation sites excluding steroid dienone is 1. The summed E-state index contributed by atoms with van der Waals surface area (Å²) in [6.45, 7) is 5.71. The summed E-state index contributed by atoms with van der Waals surface area (Å²) < 4.78 is 21.3. The number of rotatable bonds is 17. The summed E-state index contributed by atoms with van der Waals surface area (Å²) in [7, 11) is -4.67. The molecule has 0 bridgehead atoms. The number of nitrogen functional groups attached to an aromatic ring is 1. The molecule has 1 fully saturated rings. The van der Waals surface area contributed by atoms with Crippen molar-refractivity contribution in [3.63, 3.8) is 0 Å². The summed E-state index contributed by atoms with van der Waals surface area (Å²) in [5.41, 5.74) is 10.5. The van der Waals surface area contributed by atoms with Crippen molar-refractivity contribution in [3.05, 3.63) is 123 Å². The molecule has 0 aliphatic carbocycles. The summed E-state index contributed by atoms with van der Waals surface area (Å²) in [5.74, 6) is 1.29. The number of carbonyl (C=O) groups is 4. The number of anilines is 1. The van der Waals surface area contributed by atoms with Gasteiger partial charge in [-0.25, -0.2) is 14.5 Å². The normalized spacial score (nSPS) is 14.0. The lowest BCUT2D eigenvalue weighted by Gasteiger charge is -2.22. The van der Waals surface area contributed by atoms with E-state index in [1.54, 1.807) is 44.2 Å². The number of thioether (sulfide) groups is 2. The highest BCUT2D eigenvalue weighted by Crippen LogP contribution is 2.37. The Morgan fingerprint density at radius 1 is 1.04 bits per heavy atom. The van der Waals surface area contributed by atoms with Crippen molar-refractivity contribution < 1.29 is 42.8 Å². The third-order valence-corrected chi connectivity index (χ3v) is 10.8. The van der Waals surface area contributed by atoms with E-state index in [0.717, 1.165) is 53.4 Å². The van der Waals surface area contributed by atoms with Gasteiger partial charge in [0.2, 0.25) is 17.4 Å². The van der Waals surface area contributed by atoms with Gasteiger partial charge in [-0.15, -0.1) is 12.4 Å². The average Bonchev–Trinajstić information content (AvgIpc) is 3.50. The number of phosphoric acid groups is 1. The molecule has 15 nitrogen and oxygen atoms in total. The number of imide groups is 1. The van der Waals surface area contributed by atoms with E-state index in [9.17, 15) is 23.7 Å². The number of carbonyl (C=O) groups excluding carboxylic acids is 4. The number of nitrogens with zero attached hydrogens (tertiary/aromatic N) is 4. The van der Waals surface area contributed by atoms with Crippen LogP contribution in [0.15, 0.2) is 89.7 Å². The predicted molar refractivity (Wildman–Crippen MR) is 222 cm³/mol. The van der Waals surface area contributed by atoms with Crippen molar-refractivity contribution in [3.8, 4) is 5.75 Å². The number of aromatic nitrogens is 3. The fraction of sp³-hybridized carbons (Fsp3) is 0.289. The van der Waals surface area contributed by atoms with Crippen LogP contribution in [0.4, 0.5) is 10.6 Å². The number of nitrogens with one attached hydrogen (secondary N) is 1. The van der Waals surface area contributed by atoms with Gasteiger partial charge < -0.3 is 25.2 Å². The van der Waals surface area contributed by atoms with Crippen LogP contribution in [0.25, 0.3) is 0 Å². The standard InChI is InChI=1S/C19H23N4O6PS.C19H20N2O3S.ClH/c1-13(23(12-24)11-16-10-21-14(2)22-18(16)20)17(8-9-29-30(26,27)28)31-19(25)15-6-4-3-5-7-15;1-2-13-3-6-15(20-12-13)9-10-24-16-7-4-14(5-8-16)11-17-18(22)21-19(23)25-17;/h3-7,10,12H,8-9,11H2,1-2H3,(H2,20,21,22)(H2,26,27,28);3-8,12,17H,2,9-11H2,1H3,(H,21,22,23);1H/b17-13+;;. The average molecular weight is 859 g/mol. The Labute approximate surface area is 345 Å². The molecule has 304 valence electrons. The van der Waals surface area contributed by atoms with Crippen LogP contribution in [0.1, 0.15) is 58.8 Å². The minimum Gasteiger partial charge on any atom is -0.493 e. The Morgan fingerprint density at radius 2 is 1.74 bits per heavy atom. The summed E-state index contributed by atoms with van der Waals surface area (Å²) in [4.78, 5) is 79.4. The Morgan fingerprint density at radius 3 is 2.32 bits per heavy atom. The van der Waals surface area contributed by atoms with Crippen LogP contribution in [0.2, 0.25) is 0 Å². The monoisotopic (exact) mass is 858 g/mol. The van der Waals surface area contributed by atoms with Crippen molar-refractivity contribution in [2.75, 3.05) is 18.9 Å². The van der Waals surface area contributed by atoms with Gasteiger partial charge in [-0.2, -0.15) is 0 Å². The molecule has 5 N–H and O–H groups in total. The summed E-state index contributed by atoms with van der Waals surface area (Å²) >= 11 is 1.91. The zero-order valence-corrected chi connectivity index (χ0v) is 34.7. The SMILES string of the molecule is C/C(=C(/CCOP(=O)(O)O)SC(=O)c1ccccc1)N(C=O)Cc1cnc(C)nc1N.CCc1ccc(CCOc2ccc(CC3SC(=O)NC3=O)cc2)nc1.Cl. The van der Waals surface area contributed by atoms with Gasteiger partial charge in [-0.3, -0.25) is 34.0 Å². The predicted octanol–water partition coefficient (Wildman–Crippen LogP) is 6.21. The fourth-order valence-corrected chi connectivity index (χ4v) is 7.19. The van der Waals surface area contributed by atoms with E-state index in [1.165, 1.54) is 16.7 Å². The van der Waals surface area contributed by atoms with E-state index >= 15 is 0 Å². The molecular formula is C38H44ClN6O9PS2. The van der Waals surface area contributed by atoms with Gasteiger partial charge in [-0.1, -0.05) is 67.2 Å². The largest absolute Gasteiger partial charge is 0.493 e. The second-order valence-corrected chi connectivity index (χ2v) is 15.7. The second kappa shape index (κ2) is 23.0. The second-order valence-electron chi connectivity index (χ2n) is 12.2. The molecule has 0 spiro atoms. The van der Waals surface area contributed by atoms with Gasteiger partial charge >= 0.3 is 7.82 Å².